The maximum atomic E-state index is 12.3. The topological polar surface area (TPSA) is 78.6 Å². The lowest BCUT2D eigenvalue weighted by atomic mass is 9.57. The molecule has 0 aromatic carbocycles. The summed E-state index contributed by atoms with van der Waals surface area (Å²) in [5.74, 6) is 1.68. The van der Waals surface area contributed by atoms with Gasteiger partial charge in [-0.15, -0.1) is 0 Å². The van der Waals surface area contributed by atoms with Gasteiger partial charge in [-0.05, 0) is 56.8 Å². The van der Waals surface area contributed by atoms with Crippen molar-refractivity contribution in [1.29, 1.82) is 0 Å². The van der Waals surface area contributed by atoms with Gasteiger partial charge in [0, 0.05) is 30.1 Å². The normalized spacial score (nSPS) is 39.8. The number of carbonyl (C=O) groups is 1. The van der Waals surface area contributed by atoms with Crippen LogP contribution in [0.3, 0.4) is 0 Å². The molecule has 4 rings (SSSR count). The lowest BCUT2D eigenvalue weighted by Gasteiger charge is -2.62. The van der Waals surface area contributed by atoms with Crippen LogP contribution in [-0.4, -0.2) is 39.8 Å². The second kappa shape index (κ2) is 6.77. The van der Waals surface area contributed by atoms with E-state index >= 15 is 0 Å². The first kappa shape index (κ1) is 17.9. The zero-order valence-corrected chi connectivity index (χ0v) is 15.2. The van der Waals surface area contributed by atoms with Crippen LogP contribution in [0.4, 0.5) is 0 Å². The standard InChI is InChI=1S/C19H33N3O2/c1-12(2)7-15(20)5-4-6-17(23)21-18-13-8-16-9-14(18)11-19(3,10-13)22(16)24/h4-5,12-16,18,24H,6-11,20H2,1-3H3,(H,21,23). The predicted molar refractivity (Wildman–Crippen MR) is 94.4 cm³/mol. The van der Waals surface area contributed by atoms with E-state index in [4.69, 9.17) is 5.73 Å². The van der Waals surface area contributed by atoms with Gasteiger partial charge >= 0.3 is 0 Å². The highest BCUT2D eigenvalue weighted by molar-refractivity contribution is 5.77. The minimum absolute atomic E-state index is 0.0365. The molecule has 0 spiro atoms. The quantitative estimate of drug-likeness (QED) is 0.652. The molecule has 2 saturated heterocycles. The van der Waals surface area contributed by atoms with Gasteiger partial charge in [0.2, 0.25) is 5.91 Å². The number of hydrogen-bond acceptors (Lipinski definition) is 4. The third kappa shape index (κ3) is 3.53. The average molecular weight is 335 g/mol. The fourth-order valence-corrected chi connectivity index (χ4v) is 5.39. The van der Waals surface area contributed by atoms with E-state index in [1.807, 2.05) is 12.2 Å². The second-order valence-electron chi connectivity index (χ2n) is 8.91. The number of carbonyl (C=O) groups excluding carboxylic acids is 1. The van der Waals surface area contributed by atoms with Gasteiger partial charge in [-0.3, -0.25) is 4.79 Å². The van der Waals surface area contributed by atoms with Crippen molar-refractivity contribution in [2.45, 2.75) is 83.0 Å². The molecule has 5 heteroatoms. The van der Waals surface area contributed by atoms with E-state index in [0.29, 0.717) is 24.2 Å². The molecule has 4 aliphatic rings. The minimum Gasteiger partial charge on any atom is -0.353 e. The number of hydrogen-bond donors (Lipinski definition) is 3. The molecule has 4 bridgehead atoms. The Morgan fingerprint density at radius 3 is 2.54 bits per heavy atom. The smallest absolute Gasteiger partial charge is 0.224 e. The molecule has 24 heavy (non-hydrogen) atoms. The molecule has 2 aliphatic heterocycles. The Bertz CT molecular complexity index is 489. The Morgan fingerprint density at radius 1 is 1.38 bits per heavy atom. The van der Waals surface area contributed by atoms with Crippen molar-refractivity contribution in [3.8, 4) is 0 Å². The van der Waals surface area contributed by atoms with Gasteiger partial charge in [-0.1, -0.05) is 26.0 Å². The third-order valence-electron chi connectivity index (χ3n) is 6.23. The van der Waals surface area contributed by atoms with Gasteiger partial charge in [0.15, 0.2) is 0 Å². The lowest BCUT2D eigenvalue weighted by Crippen LogP contribution is -2.69. The monoisotopic (exact) mass is 335 g/mol. The van der Waals surface area contributed by atoms with E-state index in [-0.39, 0.29) is 29.6 Å². The van der Waals surface area contributed by atoms with Crippen LogP contribution in [0.1, 0.15) is 59.3 Å². The summed E-state index contributed by atoms with van der Waals surface area (Å²) in [5, 5.41) is 15.2. The molecule has 2 heterocycles. The Labute approximate surface area is 145 Å². The summed E-state index contributed by atoms with van der Waals surface area (Å²) in [6, 6.07) is 0.609. The van der Waals surface area contributed by atoms with E-state index < -0.39 is 0 Å². The summed E-state index contributed by atoms with van der Waals surface area (Å²) in [5.41, 5.74) is 5.94. The number of hydroxylamine groups is 2. The molecule has 4 N–H and O–H groups in total. The van der Waals surface area contributed by atoms with Crippen molar-refractivity contribution in [3.05, 3.63) is 12.2 Å². The molecule has 2 aliphatic carbocycles. The molecule has 3 atom stereocenters. The molecular formula is C19H33N3O2. The van der Waals surface area contributed by atoms with Crippen molar-refractivity contribution in [2.75, 3.05) is 0 Å². The summed E-state index contributed by atoms with van der Waals surface area (Å²) >= 11 is 0. The molecule has 2 saturated carbocycles. The van der Waals surface area contributed by atoms with Gasteiger partial charge in [0.1, 0.15) is 0 Å². The zero-order valence-electron chi connectivity index (χ0n) is 15.2. The molecular weight excluding hydrogens is 302 g/mol. The van der Waals surface area contributed by atoms with Crippen LogP contribution in [-0.2, 0) is 4.79 Å². The SMILES string of the molecule is CC(C)CC(N)C=CCC(=O)NC1C2CC3CC1CC(C)(C2)N3O. The summed E-state index contributed by atoms with van der Waals surface area (Å²) in [6.07, 6.45) is 9.20. The average Bonchev–Trinajstić information content (AvgIpc) is 2.45. The van der Waals surface area contributed by atoms with Crippen molar-refractivity contribution in [3.63, 3.8) is 0 Å². The number of amides is 1. The van der Waals surface area contributed by atoms with Gasteiger partial charge in [-0.2, -0.15) is 5.06 Å². The first-order valence-electron chi connectivity index (χ1n) is 9.48. The molecule has 1 amide bonds. The van der Waals surface area contributed by atoms with Gasteiger partial charge < -0.3 is 16.3 Å². The fourth-order valence-electron chi connectivity index (χ4n) is 5.39. The van der Waals surface area contributed by atoms with E-state index in [0.717, 1.165) is 32.1 Å². The molecule has 4 fully saturated rings. The van der Waals surface area contributed by atoms with Gasteiger partial charge in [0.05, 0.1) is 0 Å². The Balaban J connectivity index is 1.51. The predicted octanol–water partition coefficient (Wildman–Crippen LogP) is 2.44. The van der Waals surface area contributed by atoms with Crippen LogP contribution < -0.4 is 11.1 Å². The molecule has 0 radical (unpaired) electrons. The first-order valence-corrected chi connectivity index (χ1v) is 9.48. The van der Waals surface area contributed by atoms with E-state index in [1.165, 1.54) is 0 Å². The highest BCUT2D eigenvalue weighted by Gasteiger charge is 2.57. The number of nitrogens with zero attached hydrogens (tertiary/aromatic N) is 1. The van der Waals surface area contributed by atoms with Crippen LogP contribution in [0.5, 0.6) is 0 Å². The number of nitrogens with one attached hydrogen (secondary N) is 1. The molecule has 0 aromatic rings. The fraction of sp³-hybridized carbons (Fsp3) is 0.842. The Kier molecular flexibility index (Phi) is 5.05. The van der Waals surface area contributed by atoms with Crippen molar-refractivity contribution in [2.24, 2.45) is 23.5 Å². The van der Waals surface area contributed by atoms with E-state index in [1.54, 1.807) is 5.06 Å². The Morgan fingerprint density at radius 2 is 2.00 bits per heavy atom. The van der Waals surface area contributed by atoms with Crippen molar-refractivity contribution >= 4 is 5.91 Å². The lowest BCUT2D eigenvalue weighted by molar-refractivity contribution is -0.274. The second-order valence-corrected chi connectivity index (χ2v) is 8.91. The zero-order chi connectivity index (χ0) is 17.5. The summed E-state index contributed by atoms with van der Waals surface area (Å²) in [4.78, 5) is 12.3. The van der Waals surface area contributed by atoms with E-state index in [9.17, 15) is 10.0 Å². The van der Waals surface area contributed by atoms with Gasteiger partial charge in [0.25, 0.3) is 0 Å². The number of rotatable bonds is 6. The Hall–Kier alpha value is -0.910. The molecule has 136 valence electrons. The van der Waals surface area contributed by atoms with Crippen LogP contribution in [0, 0.1) is 17.8 Å². The molecule has 3 unspecified atom stereocenters. The first-order chi connectivity index (χ1) is 11.3. The highest BCUT2D eigenvalue weighted by atomic mass is 16.5. The summed E-state index contributed by atoms with van der Waals surface area (Å²) in [6.45, 7) is 6.47. The summed E-state index contributed by atoms with van der Waals surface area (Å²) in [7, 11) is 0. The van der Waals surface area contributed by atoms with Crippen LogP contribution >= 0.6 is 0 Å². The maximum Gasteiger partial charge on any atom is 0.224 e. The number of piperidine rings is 2. The van der Waals surface area contributed by atoms with Gasteiger partial charge in [-0.25, -0.2) is 0 Å². The minimum atomic E-state index is -0.0821. The van der Waals surface area contributed by atoms with Crippen LogP contribution in [0.25, 0.3) is 0 Å². The maximum absolute atomic E-state index is 12.3. The highest BCUT2D eigenvalue weighted by Crippen LogP contribution is 2.53. The molecule has 0 aromatic heterocycles. The largest absolute Gasteiger partial charge is 0.353 e. The van der Waals surface area contributed by atoms with Crippen LogP contribution in [0.15, 0.2) is 12.2 Å². The van der Waals surface area contributed by atoms with E-state index in [2.05, 4.69) is 26.1 Å². The summed E-state index contributed by atoms with van der Waals surface area (Å²) < 4.78 is 0. The third-order valence-corrected chi connectivity index (χ3v) is 6.23. The molecule has 5 nitrogen and oxygen atoms in total. The van der Waals surface area contributed by atoms with Crippen LogP contribution in [0.2, 0.25) is 0 Å². The van der Waals surface area contributed by atoms with Crippen molar-refractivity contribution < 1.29 is 10.0 Å². The van der Waals surface area contributed by atoms with Crippen molar-refractivity contribution in [1.82, 2.24) is 10.4 Å². The number of nitrogens with two attached hydrogens (primary N) is 1.